The van der Waals surface area contributed by atoms with Crippen molar-refractivity contribution in [2.75, 3.05) is 19.4 Å². The molecule has 0 bridgehead atoms. The Hall–Kier alpha value is -1.44. The SMILES string of the molecule is CSc1nc(C)c(CCC(=O)N(Cc2cccs2)CC2CCCO2)c(C)n1. The summed E-state index contributed by atoms with van der Waals surface area (Å²) in [6.45, 7) is 6.16. The fourth-order valence-corrected chi connectivity index (χ4v) is 4.61. The largest absolute Gasteiger partial charge is 0.376 e. The second-order valence-corrected chi connectivity index (χ2v) is 8.65. The van der Waals surface area contributed by atoms with Crippen molar-refractivity contribution in [3.63, 3.8) is 0 Å². The zero-order valence-corrected chi connectivity index (χ0v) is 17.9. The number of carbonyl (C=O) groups excluding carboxylic acids is 1. The summed E-state index contributed by atoms with van der Waals surface area (Å²) in [6.07, 6.45) is 5.42. The molecule has 1 unspecified atom stereocenters. The molecule has 1 saturated heterocycles. The lowest BCUT2D eigenvalue weighted by atomic mass is 10.1. The van der Waals surface area contributed by atoms with E-state index in [1.165, 1.54) is 4.88 Å². The van der Waals surface area contributed by atoms with Crippen LogP contribution >= 0.6 is 23.1 Å². The lowest BCUT2D eigenvalue weighted by molar-refractivity contribution is -0.133. The van der Waals surface area contributed by atoms with Crippen LogP contribution in [0.15, 0.2) is 22.7 Å². The van der Waals surface area contributed by atoms with Gasteiger partial charge in [-0.2, -0.15) is 0 Å². The number of hydrogen-bond acceptors (Lipinski definition) is 6. The van der Waals surface area contributed by atoms with Crippen molar-refractivity contribution in [3.8, 4) is 0 Å². The Bertz CT molecular complexity index is 736. The van der Waals surface area contributed by atoms with Crippen LogP contribution in [0.25, 0.3) is 0 Å². The van der Waals surface area contributed by atoms with Crippen molar-refractivity contribution in [1.82, 2.24) is 14.9 Å². The average molecular weight is 406 g/mol. The molecule has 1 amide bonds. The van der Waals surface area contributed by atoms with Crippen molar-refractivity contribution in [2.45, 2.75) is 57.3 Å². The Labute approximate surface area is 169 Å². The quantitative estimate of drug-likeness (QED) is 0.490. The van der Waals surface area contributed by atoms with Crippen LogP contribution in [0.3, 0.4) is 0 Å². The Kier molecular flexibility index (Phi) is 7.26. The average Bonchev–Trinajstić information content (AvgIpc) is 3.34. The first kappa shape index (κ1) is 20.3. The molecule has 3 heterocycles. The summed E-state index contributed by atoms with van der Waals surface area (Å²) in [4.78, 5) is 25.2. The molecule has 2 aromatic rings. The number of aromatic nitrogens is 2. The van der Waals surface area contributed by atoms with Crippen LogP contribution in [-0.2, 0) is 22.5 Å². The number of thiophene rings is 1. The van der Waals surface area contributed by atoms with Gasteiger partial charge in [-0.15, -0.1) is 11.3 Å². The third-order valence-corrected chi connectivity index (χ3v) is 6.31. The summed E-state index contributed by atoms with van der Waals surface area (Å²) in [5.41, 5.74) is 3.04. The third kappa shape index (κ3) is 5.53. The monoisotopic (exact) mass is 405 g/mol. The molecule has 0 spiro atoms. The summed E-state index contributed by atoms with van der Waals surface area (Å²) in [6, 6.07) is 4.12. The maximum Gasteiger partial charge on any atom is 0.223 e. The molecule has 0 N–H and O–H groups in total. The molecule has 0 aromatic carbocycles. The van der Waals surface area contributed by atoms with Crippen LogP contribution in [0.1, 0.15) is 41.1 Å². The zero-order valence-electron chi connectivity index (χ0n) is 16.2. The van der Waals surface area contributed by atoms with E-state index < -0.39 is 0 Å². The topological polar surface area (TPSA) is 55.3 Å². The van der Waals surface area contributed by atoms with Gasteiger partial charge in [-0.05, 0) is 56.4 Å². The molecule has 1 aliphatic heterocycles. The number of carbonyl (C=O) groups is 1. The number of thioether (sulfide) groups is 1. The number of hydrogen-bond donors (Lipinski definition) is 0. The van der Waals surface area contributed by atoms with Gasteiger partial charge < -0.3 is 9.64 Å². The maximum absolute atomic E-state index is 13.0. The minimum Gasteiger partial charge on any atom is -0.376 e. The smallest absolute Gasteiger partial charge is 0.223 e. The number of amides is 1. The van der Waals surface area contributed by atoms with E-state index in [2.05, 4.69) is 21.4 Å². The van der Waals surface area contributed by atoms with Gasteiger partial charge in [0, 0.05) is 35.8 Å². The van der Waals surface area contributed by atoms with Gasteiger partial charge >= 0.3 is 0 Å². The van der Waals surface area contributed by atoms with Crippen LogP contribution in [0.5, 0.6) is 0 Å². The lowest BCUT2D eigenvalue weighted by Crippen LogP contribution is -2.37. The molecule has 5 nitrogen and oxygen atoms in total. The summed E-state index contributed by atoms with van der Waals surface area (Å²) < 4.78 is 5.77. The van der Waals surface area contributed by atoms with Crippen LogP contribution in [0.4, 0.5) is 0 Å². The van der Waals surface area contributed by atoms with E-state index in [1.54, 1.807) is 23.1 Å². The van der Waals surface area contributed by atoms with Crippen LogP contribution in [0.2, 0.25) is 0 Å². The Morgan fingerprint density at radius 2 is 2.15 bits per heavy atom. The maximum atomic E-state index is 13.0. The molecule has 146 valence electrons. The van der Waals surface area contributed by atoms with Gasteiger partial charge in [-0.1, -0.05) is 17.8 Å². The van der Waals surface area contributed by atoms with Crippen LogP contribution in [0, 0.1) is 13.8 Å². The number of aryl methyl sites for hydroxylation is 2. The second kappa shape index (κ2) is 9.66. The summed E-state index contributed by atoms with van der Waals surface area (Å²) in [7, 11) is 0. The summed E-state index contributed by atoms with van der Waals surface area (Å²) in [5.74, 6) is 0.173. The predicted molar refractivity (Wildman–Crippen MR) is 110 cm³/mol. The first-order valence-electron chi connectivity index (χ1n) is 9.36. The van der Waals surface area contributed by atoms with Gasteiger partial charge in [-0.3, -0.25) is 4.79 Å². The zero-order chi connectivity index (χ0) is 19.2. The highest BCUT2D eigenvalue weighted by Gasteiger charge is 2.23. The molecule has 7 heteroatoms. The highest BCUT2D eigenvalue weighted by atomic mass is 32.2. The molecule has 0 aliphatic carbocycles. The highest BCUT2D eigenvalue weighted by molar-refractivity contribution is 7.98. The van der Waals surface area contributed by atoms with Crippen molar-refractivity contribution in [3.05, 3.63) is 39.3 Å². The van der Waals surface area contributed by atoms with E-state index >= 15 is 0 Å². The molecular weight excluding hydrogens is 378 g/mol. The number of ether oxygens (including phenoxy) is 1. The molecular formula is C20H27N3O2S2. The van der Waals surface area contributed by atoms with Crippen molar-refractivity contribution in [1.29, 1.82) is 0 Å². The molecule has 2 aromatic heterocycles. The van der Waals surface area contributed by atoms with Crippen LogP contribution < -0.4 is 0 Å². The van der Waals surface area contributed by atoms with Crippen molar-refractivity contribution < 1.29 is 9.53 Å². The summed E-state index contributed by atoms with van der Waals surface area (Å²) >= 11 is 3.24. The second-order valence-electron chi connectivity index (χ2n) is 6.85. The van der Waals surface area contributed by atoms with Gasteiger partial charge in [0.1, 0.15) is 0 Å². The molecule has 0 radical (unpaired) electrons. The standard InChI is InChI=1S/C20H27N3O2S2/c1-14-18(15(2)22-20(21-14)26-3)8-9-19(24)23(12-16-6-4-10-25-16)13-17-7-5-11-27-17/h5,7,11,16H,4,6,8-10,12-13H2,1-3H3. The first-order chi connectivity index (χ1) is 13.1. The van der Waals surface area contributed by atoms with E-state index in [0.29, 0.717) is 25.9 Å². The summed E-state index contributed by atoms with van der Waals surface area (Å²) in [5, 5.41) is 2.85. The molecule has 3 rings (SSSR count). The van der Waals surface area contributed by atoms with Gasteiger partial charge in [0.25, 0.3) is 0 Å². The molecule has 1 atom stereocenters. The van der Waals surface area contributed by atoms with E-state index in [4.69, 9.17) is 4.74 Å². The van der Waals surface area contributed by atoms with Gasteiger partial charge in [0.15, 0.2) is 5.16 Å². The molecule has 0 saturated carbocycles. The Morgan fingerprint density at radius 3 is 2.74 bits per heavy atom. The Balaban J connectivity index is 1.66. The fourth-order valence-electron chi connectivity index (χ4n) is 3.43. The van der Waals surface area contributed by atoms with Gasteiger partial charge in [-0.25, -0.2) is 9.97 Å². The first-order valence-corrected chi connectivity index (χ1v) is 11.5. The lowest BCUT2D eigenvalue weighted by Gasteiger charge is -2.25. The fraction of sp³-hybridized carbons (Fsp3) is 0.550. The van der Waals surface area contributed by atoms with Gasteiger partial charge in [0.2, 0.25) is 5.91 Å². The minimum atomic E-state index is 0.168. The molecule has 1 aliphatic rings. The third-order valence-electron chi connectivity index (χ3n) is 4.90. The highest BCUT2D eigenvalue weighted by Crippen LogP contribution is 2.20. The number of nitrogens with zero attached hydrogens (tertiary/aromatic N) is 3. The normalized spacial score (nSPS) is 16.6. The van der Waals surface area contributed by atoms with Crippen molar-refractivity contribution >= 4 is 29.0 Å². The molecule has 27 heavy (non-hydrogen) atoms. The number of rotatable bonds is 8. The van der Waals surface area contributed by atoms with Crippen LogP contribution in [-0.4, -0.2) is 46.3 Å². The van der Waals surface area contributed by atoms with Crippen molar-refractivity contribution in [2.24, 2.45) is 0 Å². The van der Waals surface area contributed by atoms with Gasteiger partial charge in [0.05, 0.1) is 12.6 Å². The van der Waals surface area contributed by atoms with E-state index in [0.717, 1.165) is 41.6 Å². The minimum absolute atomic E-state index is 0.168. The Morgan fingerprint density at radius 1 is 1.37 bits per heavy atom. The molecule has 1 fully saturated rings. The predicted octanol–water partition coefficient (Wildman–Crippen LogP) is 4.02. The van der Waals surface area contributed by atoms with E-state index in [1.807, 2.05) is 31.1 Å². The van der Waals surface area contributed by atoms with E-state index in [-0.39, 0.29) is 12.0 Å². The van der Waals surface area contributed by atoms with E-state index in [9.17, 15) is 4.79 Å².